The van der Waals surface area contributed by atoms with Gasteiger partial charge in [-0.3, -0.25) is 9.20 Å². The van der Waals surface area contributed by atoms with Gasteiger partial charge < -0.3 is 25.6 Å². The summed E-state index contributed by atoms with van der Waals surface area (Å²) in [5.74, 6) is -4.44. The number of aliphatic carboxylic acids is 1. The normalized spacial score (nSPS) is 12.6. The molecule has 0 saturated heterocycles. The zero-order chi connectivity index (χ0) is 31.1. The minimum absolute atomic E-state index is 0.0720. The second-order valence-corrected chi connectivity index (χ2v) is 9.89. The quantitative estimate of drug-likeness (QED) is 0.225. The lowest BCUT2D eigenvalue weighted by atomic mass is 9.96. The molecule has 3 aromatic rings. The Balaban J connectivity index is 0.000000745. The molecule has 0 aliphatic carbocycles. The molecular weight excluding hydrogens is 627 g/mol. The lowest BCUT2D eigenvalue weighted by Crippen LogP contribution is -2.53. The van der Waals surface area contributed by atoms with Crippen LogP contribution in [0.4, 0.5) is 26.7 Å². The number of nitrogens with zero attached hydrogens (tertiary/aromatic N) is 2. The molecule has 2 amide bonds. The SMILES string of the molecule is CCCC(C)(CNC(=O)c1c(C)nc2c(OCc3c(F)cccc3F)cc(Br)cn12)NC(=O)O.O=C(O)C(F)(F)F. The number of ether oxygens (including phenoxy) is 1. The van der Waals surface area contributed by atoms with Gasteiger partial charge in [0.25, 0.3) is 5.91 Å². The van der Waals surface area contributed by atoms with Crippen molar-refractivity contribution in [3.63, 3.8) is 0 Å². The van der Waals surface area contributed by atoms with Gasteiger partial charge in [-0.2, -0.15) is 13.2 Å². The maximum Gasteiger partial charge on any atom is 0.490 e. The van der Waals surface area contributed by atoms with Gasteiger partial charge in [0, 0.05) is 17.2 Å². The molecule has 224 valence electrons. The highest BCUT2D eigenvalue weighted by Gasteiger charge is 2.38. The number of aromatic nitrogens is 2. The second kappa shape index (κ2) is 13.6. The summed E-state index contributed by atoms with van der Waals surface area (Å²) in [5, 5.41) is 21.5. The van der Waals surface area contributed by atoms with E-state index in [1.54, 1.807) is 26.1 Å². The van der Waals surface area contributed by atoms with Crippen LogP contribution >= 0.6 is 15.9 Å². The summed E-state index contributed by atoms with van der Waals surface area (Å²) in [6.07, 6.45) is -3.38. The number of carbonyl (C=O) groups excluding carboxylic acids is 1. The molecule has 0 fully saturated rings. The molecule has 0 bridgehead atoms. The molecule has 1 aromatic carbocycles. The number of pyridine rings is 1. The van der Waals surface area contributed by atoms with Crippen molar-refractivity contribution >= 4 is 39.5 Å². The van der Waals surface area contributed by atoms with E-state index in [2.05, 4.69) is 31.5 Å². The largest absolute Gasteiger partial charge is 0.490 e. The van der Waals surface area contributed by atoms with Crippen molar-refractivity contribution in [1.82, 2.24) is 20.0 Å². The standard InChI is InChI=1S/C23H25BrF2N4O4.C2HF3O2/c1-4-8-23(3,29-22(32)33)12-27-21(31)19-13(2)28-20-18(9-14(24)10-30(19)20)34-11-15-16(25)6-5-7-17(15)26;3-2(4,5)1(6)7/h5-7,9-10,29H,4,8,11-12H2,1-3H3,(H,27,31)(H,32,33);(H,6,7). The van der Waals surface area contributed by atoms with E-state index in [1.807, 2.05) is 6.92 Å². The fourth-order valence-corrected chi connectivity index (χ4v) is 4.17. The van der Waals surface area contributed by atoms with E-state index in [4.69, 9.17) is 19.7 Å². The third kappa shape index (κ3) is 9.03. The number of imidazole rings is 1. The zero-order valence-corrected chi connectivity index (χ0v) is 23.5. The summed E-state index contributed by atoms with van der Waals surface area (Å²) >= 11 is 3.37. The predicted octanol–water partition coefficient (Wildman–Crippen LogP) is 5.45. The van der Waals surface area contributed by atoms with Gasteiger partial charge >= 0.3 is 18.2 Å². The first-order valence-corrected chi connectivity index (χ1v) is 12.6. The van der Waals surface area contributed by atoms with E-state index in [9.17, 15) is 31.5 Å². The average molecular weight is 653 g/mol. The Morgan fingerprint density at radius 3 is 2.24 bits per heavy atom. The topological polar surface area (TPSA) is 142 Å². The summed E-state index contributed by atoms with van der Waals surface area (Å²) < 4.78 is 67.5. The third-order valence-electron chi connectivity index (χ3n) is 5.57. The molecule has 4 N–H and O–H groups in total. The van der Waals surface area contributed by atoms with Crippen molar-refractivity contribution in [1.29, 1.82) is 0 Å². The van der Waals surface area contributed by atoms with E-state index in [-0.39, 0.29) is 30.2 Å². The van der Waals surface area contributed by atoms with Gasteiger partial charge in [-0.15, -0.1) is 0 Å². The van der Waals surface area contributed by atoms with Gasteiger partial charge in [0.1, 0.15) is 23.9 Å². The number of hydrogen-bond acceptors (Lipinski definition) is 5. The molecule has 2 heterocycles. The number of aryl methyl sites for hydroxylation is 1. The first-order valence-electron chi connectivity index (χ1n) is 11.8. The Morgan fingerprint density at radius 2 is 1.73 bits per heavy atom. The fraction of sp³-hybridized carbons (Fsp3) is 0.360. The minimum atomic E-state index is -5.08. The summed E-state index contributed by atoms with van der Waals surface area (Å²) in [4.78, 5) is 37.6. The third-order valence-corrected chi connectivity index (χ3v) is 6.00. The van der Waals surface area contributed by atoms with E-state index in [1.165, 1.54) is 10.5 Å². The van der Waals surface area contributed by atoms with Gasteiger partial charge in [0.15, 0.2) is 11.4 Å². The maximum absolute atomic E-state index is 14.0. The van der Waals surface area contributed by atoms with Crippen LogP contribution in [-0.2, 0) is 11.4 Å². The number of rotatable bonds is 9. The van der Waals surface area contributed by atoms with Crippen LogP contribution in [0.5, 0.6) is 5.75 Å². The molecule has 16 heteroatoms. The lowest BCUT2D eigenvalue weighted by molar-refractivity contribution is -0.192. The zero-order valence-electron chi connectivity index (χ0n) is 21.9. The van der Waals surface area contributed by atoms with Crippen molar-refractivity contribution in [2.24, 2.45) is 0 Å². The lowest BCUT2D eigenvalue weighted by Gasteiger charge is -2.29. The van der Waals surface area contributed by atoms with Crippen LogP contribution in [0.25, 0.3) is 5.65 Å². The van der Waals surface area contributed by atoms with Crippen LogP contribution < -0.4 is 15.4 Å². The maximum atomic E-state index is 14.0. The predicted molar refractivity (Wildman–Crippen MR) is 139 cm³/mol. The monoisotopic (exact) mass is 652 g/mol. The molecule has 2 aromatic heterocycles. The number of carbonyl (C=O) groups is 3. The Hall–Kier alpha value is -3.95. The second-order valence-electron chi connectivity index (χ2n) is 8.98. The Bertz CT molecular complexity index is 1410. The van der Waals surface area contributed by atoms with Crippen LogP contribution in [0, 0.1) is 18.6 Å². The molecule has 3 rings (SSSR count). The molecule has 0 saturated carbocycles. The van der Waals surface area contributed by atoms with Gasteiger partial charge in [0.05, 0.1) is 16.8 Å². The number of carboxylic acids is 1. The molecule has 1 atom stereocenters. The average Bonchev–Trinajstić information content (AvgIpc) is 3.17. The summed E-state index contributed by atoms with van der Waals surface area (Å²) in [5.41, 5.74) is -0.137. The highest BCUT2D eigenvalue weighted by molar-refractivity contribution is 9.10. The van der Waals surface area contributed by atoms with E-state index in [0.29, 0.717) is 22.2 Å². The summed E-state index contributed by atoms with van der Waals surface area (Å²) in [6.45, 7) is 4.99. The number of alkyl halides is 3. The highest BCUT2D eigenvalue weighted by atomic mass is 79.9. The van der Waals surface area contributed by atoms with E-state index in [0.717, 1.165) is 18.6 Å². The van der Waals surface area contributed by atoms with Gasteiger partial charge in [-0.25, -0.2) is 23.4 Å². The summed E-state index contributed by atoms with van der Waals surface area (Å²) in [6, 6.07) is 5.15. The fourth-order valence-electron chi connectivity index (χ4n) is 3.76. The number of halogens is 6. The smallest absolute Gasteiger partial charge is 0.485 e. The van der Waals surface area contributed by atoms with Crippen LogP contribution in [0.2, 0.25) is 0 Å². The number of hydrogen-bond donors (Lipinski definition) is 4. The summed E-state index contributed by atoms with van der Waals surface area (Å²) in [7, 11) is 0. The molecule has 0 radical (unpaired) electrons. The number of amides is 2. The van der Waals surface area contributed by atoms with Gasteiger partial charge in [-0.05, 0) is 54.4 Å². The Morgan fingerprint density at radius 1 is 1.15 bits per heavy atom. The van der Waals surface area contributed by atoms with Gasteiger partial charge in [0.2, 0.25) is 0 Å². The molecule has 10 nitrogen and oxygen atoms in total. The molecule has 0 aliphatic heterocycles. The van der Waals surface area contributed by atoms with Crippen LogP contribution in [0.3, 0.4) is 0 Å². The van der Waals surface area contributed by atoms with Crippen molar-refractivity contribution in [2.45, 2.75) is 51.9 Å². The molecule has 1 unspecified atom stereocenters. The van der Waals surface area contributed by atoms with E-state index < -0.39 is 41.3 Å². The molecule has 41 heavy (non-hydrogen) atoms. The van der Waals surface area contributed by atoms with Crippen molar-refractivity contribution in [3.8, 4) is 5.75 Å². The number of nitrogens with one attached hydrogen (secondary N) is 2. The van der Waals surface area contributed by atoms with Crippen LogP contribution in [0.1, 0.15) is 48.4 Å². The molecule has 0 spiro atoms. The first-order chi connectivity index (χ1) is 19.0. The number of benzene rings is 1. The van der Waals surface area contributed by atoms with Gasteiger partial charge in [-0.1, -0.05) is 19.4 Å². The number of carboxylic acid groups (broad SMARTS) is 2. The van der Waals surface area contributed by atoms with Crippen LogP contribution in [-0.4, -0.2) is 55.8 Å². The molecular formula is C25H26BrF5N4O6. The number of fused-ring (bicyclic) bond motifs is 1. The first kappa shape index (κ1) is 33.3. The Kier molecular flexibility index (Phi) is 11.0. The van der Waals surface area contributed by atoms with Crippen molar-refractivity contribution in [3.05, 3.63) is 63.5 Å². The molecule has 0 aliphatic rings. The minimum Gasteiger partial charge on any atom is -0.485 e. The van der Waals surface area contributed by atoms with E-state index >= 15 is 0 Å². The Labute approximate surface area is 238 Å². The van der Waals surface area contributed by atoms with Crippen molar-refractivity contribution in [2.75, 3.05) is 6.54 Å². The highest BCUT2D eigenvalue weighted by Crippen LogP contribution is 2.28. The van der Waals surface area contributed by atoms with Crippen molar-refractivity contribution < 1.29 is 51.3 Å². The van der Waals surface area contributed by atoms with Crippen LogP contribution in [0.15, 0.2) is 34.9 Å².